The minimum atomic E-state index is -1.87. The number of hydrogen-bond acceptors (Lipinski definition) is 12. The Morgan fingerprint density at radius 1 is 0.833 bits per heavy atom. The van der Waals surface area contributed by atoms with Gasteiger partial charge >= 0.3 is 29.8 Å². The van der Waals surface area contributed by atoms with Crippen LogP contribution in [0.2, 0.25) is 0 Å². The van der Waals surface area contributed by atoms with E-state index in [1.165, 1.54) is 52.8 Å². The monoisotopic (exact) mass is 744 g/mol. The standard InChI is InChI=1S/C42H48O12/c1-23-30(46)21-32(50-25(3)43)41(8)35(23)37(51-26(4)44)42(40(6,7)49)22-31(53-33(47)20-19-28-15-11-9-12-16-28)24(2)34(42)36(38(41)52-27(5)45)54-39(48)29-17-13-10-14-18-29/h9-20,30-32,35-38,46,49H,1,21-22H2,2-8H3/t30-,31-,32+,35+,36-,37-,38+,41+,42+/m1/s1. The number of carbonyl (C=O) groups is 5. The Bertz CT molecular complexity index is 1860. The fraction of sp³-hybridized carbons (Fsp3) is 0.452. The summed E-state index contributed by atoms with van der Waals surface area (Å²) < 4.78 is 30.7. The molecule has 0 bridgehead atoms. The first kappa shape index (κ1) is 40.1. The van der Waals surface area contributed by atoms with Crippen LogP contribution >= 0.6 is 0 Å². The van der Waals surface area contributed by atoms with E-state index in [0.717, 1.165) is 5.56 Å². The average molecular weight is 745 g/mol. The van der Waals surface area contributed by atoms with Crippen molar-refractivity contribution >= 4 is 35.9 Å². The van der Waals surface area contributed by atoms with Crippen LogP contribution < -0.4 is 0 Å². The summed E-state index contributed by atoms with van der Waals surface area (Å²) in [6, 6.07) is 17.2. The second kappa shape index (κ2) is 15.3. The first-order chi connectivity index (χ1) is 25.3. The third kappa shape index (κ3) is 7.37. The Morgan fingerprint density at radius 2 is 1.39 bits per heavy atom. The molecule has 0 saturated heterocycles. The molecule has 2 aromatic carbocycles. The molecule has 0 aliphatic heterocycles. The van der Waals surface area contributed by atoms with Crippen LogP contribution in [-0.4, -0.2) is 82.3 Å². The summed E-state index contributed by atoms with van der Waals surface area (Å²) >= 11 is 0. The molecule has 0 amide bonds. The largest absolute Gasteiger partial charge is 0.462 e. The normalized spacial score (nSPS) is 30.8. The highest BCUT2D eigenvalue weighted by atomic mass is 16.6. The van der Waals surface area contributed by atoms with Crippen molar-refractivity contribution in [3.8, 4) is 0 Å². The van der Waals surface area contributed by atoms with Crippen molar-refractivity contribution in [3.63, 3.8) is 0 Å². The van der Waals surface area contributed by atoms with E-state index in [1.807, 2.05) is 30.3 Å². The Labute approximate surface area is 314 Å². The zero-order valence-electron chi connectivity index (χ0n) is 31.6. The van der Waals surface area contributed by atoms with Crippen LogP contribution in [0.5, 0.6) is 0 Å². The topological polar surface area (TPSA) is 172 Å². The molecule has 54 heavy (non-hydrogen) atoms. The molecule has 0 spiro atoms. The van der Waals surface area contributed by atoms with Gasteiger partial charge in [0.15, 0.2) is 12.2 Å². The summed E-state index contributed by atoms with van der Waals surface area (Å²) in [5.74, 6) is -5.02. The molecule has 0 heterocycles. The number of benzene rings is 2. The zero-order chi connectivity index (χ0) is 39.7. The van der Waals surface area contributed by atoms with E-state index in [4.69, 9.17) is 23.7 Å². The first-order valence-corrected chi connectivity index (χ1v) is 17.8. The Hall–Kier alpha value is -5.07. The highest BCUT2D eigenvalue weighted by molar-refractivity contribution is 5.90. The number of carbonyl (C=O) groups excluding carboxylic acids is 5. The third-order valence-electron chi connectivity index (χ3n) is 11.2. The summed E-state index contributed by atoms with van der Waals surface area (Å²) in [6.07, 6.45) is -5.62. The van der Waals surface area contributed by atoms with Crippen LogP contribution in [-0.2, 0) is 42.9 Å². The molecular weight excluding hydrogens is 696 g/mol. The van der Waals surface area contributed by atoms with Crippen molar-refractivity contribution in [1.82, 2.24) is 0 Å². The van der Waals surface area contributed by atoms with Gasteiger partial charge in [-0.15, -0.1) is 0 Å². The van der Waals surface area contributed by atoms with Crippen molar-refractivity contribution in [1.29, 1.82) is 0 Å². The summed E-state index contributed by atoms with van der Waals surface area (Å²) in [7, 11) is 0. The number of aliphatic hydroxyl groups excluding tert-OH is 1. The lowest BCUT2D eigenvalue weighted by molar-refractivity contribution is -0.214. The lowest BCUT2D eigenvalue weighted by atomic mass is 9.54. The van der Waals surface area contributed by atoms with Crippen LogP contribution in [0.1, 0.15) is 77.2 Å². The van der Waals surface area contributed by atoms with Gasteiger partial charge in [-0.2, -0.15) is 0 Å². The van der Waals surface area contributed by atoms with Crippen molar-refractivity contribution in [2.45, 2.75) is 104 Å². The molecule has 3 aliphatic carbocycles. The molecule has 2 N–H and O–H groups in total. The van der Waals surface area contributed by atoms with E-state index in [2.05, 4.69) is 6.58 Å². The van der Waals surface area contributed by atoms with Gasteiger partial charge in [-0.05, 0) is 61.3 Å². The van der Waals surface area contributed by atoms with E-state index >= 15 is 0 Å². The quantitative estimate of drug-likeness (QED) is 0.152. The number of esters is 5. The van der Waals surface area contributed by atoms with Gasteiger partial charge < -0.3 is 33.9 Å². The molecule has 0 radical (unpaired) electrons. The van der Waals surface area contributed by atoms with Gasteiger partial charge in [-0.25, -0.2) is 9.59 Å². The van der Waals surface area contributed by atoms with Gasteiger partial charge in [0.2, 0.25) is 0 Å². The van der Waals surface area contributed by atoms with Crippen molar-refractivity contribution < 1.29 is 57.9 Å². The predicted octanol–water partition coefficient (Wildman–Crippen LogP) is 5.07. The second-order valence-corrected chi connectivity index (χ2v) is 15.0. The number of hydrogen-bond donors (Lipinski definition) is 2. The molecule has 2 aromatic rings. The van der Waals surface area contributed by atoms with E-state index in [-0.39, 0.29) is 29.6 Å². The maximum Gasteiger partial charge on any atom is 0.338 e. The maximum absolute atomic E-state index is 14.1. The summed E-state index contributed by atoms with van der Waals surface area (Å²) in [4.78, 5) is 66.6. The molecule has 9 atom stereocenters. The van der Waals surface area contributed by atoms with Crippen molar-refractivity contribution in [3.05, 3.63) is 101 Å². The lowest BCUT2D eigenvalue weighted by Crippen LogP contribution is -2.64. The summed E-state index contributed by atoms with van der Waals surface area (Å²) in [5.41, 5.74) is -3.68. The zero-order valence-corrected chi connectivity index (χ0v) is 31.6. The minimum Gasteiger partial charge on any atom is -0.462 e. The number of aliphatic hydroxyl groups is 2. The van der Waals surface area contributed by atoms with Crippen molar-refractivity contribution in [2.24, 2.45) is 16.7 Å². The Morgan fingerprint density at radius 3 is 1.94 bits per heavy atom. The van der Waals surface area contributed by atoms with Gasteiger partial charge in [0, 0.05) is 45.6 Å². The fourth-order valence-electron chi connectivity index (χ4n) is 8.82. The molecule has 288 valence electrons. The van der Waals surface area contributed by atoms with Crippen LogP contribution in [0, 0.1) is 16.7 Å². The van der Waals surface area contributed by atoms with Crippen molar-refractivity contribution in [2.75, 3.05) is 0 Å². The molecule has 5 rings (SSSR count). The second-order valence-electron chi connectivity index (χ2n) is 15.0. The maximum atomic E-state index is 14.1. The van der Waals surface area contributed by atoms with Crippen LogP contribution in [0.25, 0.3) is 6.08 Å². The minimum absolute atomic E-state index is 0.145. The van der Waals surface area contributed by atoms with E-state index < -0.39 is 88.8 Å². The van der Waals surface area contributed by atoms with E-state index in [1.54, 1.807) is 38.1 Å². The van der Waals surface area contributed by atoms with Crippen LogP contribution in [0.4, 0.5) is 0 Å². The summed E-state index contributed by atoms with van der Waals surface area (Å²) in [6.45, 7) is 14.0. The molecule has 2 saturated carbocycles. The van der Waals surface area contributed by atoms with Crippen LogP contribution in [0.3, 0.4) is 0 Å². The van der Waals surface area contributed by atoms with Gasteiger partial charge in [0.25, 0.3) is 0 Å². The SMILES string of the molecule is C=C1[C@H](O)C[C@H](OC(C)=O)[C@]2(C)[C@@H](OC(C)=O)[C@H](OC(=O)c3ccccc3)C3=C(C)[C@H](OC(=O)C=Cc4ccccc4)C[C@@]3(C(C)(C)O)[C@H](OC(C)=O)[C@H]12. The van der Waals surface area contributed by atoms with Gasteiger partial charge in [0.1, 0.15) is 18.3 Å². The molecule has 12 heteroatoms. The number of fused-ring (bicyclic) bond motifs is 2. The molecular formula is C42H48O12. The average Bonchev–Trinajstić information content (AvgIpc) is 3.36. The van der Waals surface area contributed by atoms with Crippen LogP contribution in [0.15, 0.2) is 90.0 Å². The fourth-order valence-corrected chi connectivity index (χ4v) is 8.82. The molecule has 0 unspecified atom stereocenters. The highest BCUT2D eigenvalue weighted by Crippen LogP contribution is 2.66. The number of rotatable bonds is 9. The highest BCUT2D eigenvalue weighted by Gasteiger charge is 2.74. The predicted molar refractivity (Wildman–Crippen MR) is 195 cm³/mol. The van der Waals surface area contributed by atoms with E-state index in [9.17, 15) is 34.2 Å². The number of ether oxygens (including phenoxy) is 5. The van der Waals surface area contributed by atoms with Gasteiger partial charge in [-0.1, -0.05) is 62.0 Å². The molecule has 12 nitrogen and oxygen atoms in total. The first-order valence-electron chi connectivity index (χ1n) is 17.8. The van der Waals surface area contributed by atoms with Gasteiger partial charge in [-0.3, -0.25) is 14.4 Å². The van der Waals surface area contributed by atoms with E-state index in [0.29, 0.717) is 5.57 Å². The molecule has 2 fully saturated rings. The Kier molecular flexibility index (Phi) is 11.4. The molecule has 3 aliphatic rings. The van der Waals surface area contributed by atoms with Gasteiger partial charge in [0.05, 0.1) is 28.1 Å². The summed E-state index contributed by atoms with van der Waals surface area (Å²) in [5, 5.41) is 24.0. The smallest absolute Gasteiger partial charge is 0.338 e. The lowest BCUT2D eigenvalue weighted by Gasteiger charge is -2.55. The Balaban J connectivity index is 1.83. The molecule has 0 aromatic heterocycles. The third-order valence-corrected chi connectivity index (χ3v) is 11.2.